The van der Waals surface area contributed by atoms with Crippen molar-refractivity contribution in [2.24, 2.45) is 5.41 Å². The minimum absolute atomic E-state index is 0.0675. The predicted octanol–water partition coefficient (Wildman–Crippen LogP) is 3.37. The molecular formula is C31H40FN7O3. The molecular weight excluding hydrogens is 537 g/mol. The van der Waals surface area contributed by atoms with Crippen LogP contribution >= 0.6 is 0 Å². The van der Waals surface area contributed by atoms with Gasteiger partial charge in [0.1, 0.15) is 23.6 Å². The molecule has 0 spiro atoms. The summed E-state index contributed by atoms with van der Waals surface area (Å²) in [5.74, 6) is -0.719. The van der Waals surface area contributed by atoms with Crippen LogP contribution in [0.15, 0.2) is 48.8 Å². The van der Waals surface area contributed by atoms with E-state index in [4.69, 9.17) is 0 Å². The van der Waals surface area contributed by atoms with Gasteiger partial charge in [-0.1, -0.05) is 50.3 Å². The Hall–Kier alpha value is -3.70. The summed E-state index contributed by atoms with van der Waals surface area (Å²) >= 11 is 0. The summed E-state index contributed by atoms with van der Waals surface area (Å²) in [5, 5.41) is 25.7. The molecule has 2 amide bonds. The number of nitrogens with zero attached hydrogens (tertiary/aromatic N) is 5. The van der Waals surface area contributed by atoms with Gasteiger partial charge < -0.3 is 20.6 Å². The highest BCUT2D eigenvalue weighted by Crippen LogP contribution is 2.35. The number of carbonyl (C=O) groups excluding carboxylic acids is 2. The molecule has 0 saturated carbocycles. The standard InChI is InChI=1S/C31H40FN7O3/c1-19(20-7-9-22(10-8-20)27-24(32)6-5-13-34-27)35-29(41)26-16-23(40)17-38(26)30(42)28(31(2,3)4)39-18-25(36-37-39)21-11-14-33-15-12-21/h5-10,13,18-19,21,23,26,28,33,40H,11-12,14-17H2,1-4H3,(H,35,41)/t19-,23+,26-,28+/m0/s1. The number of pyridine rings is 1. The van der Waals surface area contributed by atoms with E-state index >= 15 is 0 Å². The topological polar surface area (TPSA) is 125 Å². The molecule has 0 unspecified atom stereocenters. The zero-order valence-electron chi connectivity index (χ0n) is 24.6. The first kappa shape index (κ1) is 29.8. The molecule has 1 aromatic carbocycles. The minimum atomic E-state index is -0.825. The van der Waals surface area contributed by atoms with Gasteiger partial charge in [-0.25, -0.2) is 9.07 Å². The number of rotatable bonds is 7. The van der Waals surface area contributed by atoms with Crippen LogP contribution < -0.4 is 10.6 Å². The average molecular weight is 578 g/mol. The highest BCUT2D eigenvalue weighted by atomic mass is 19.1. The van der Waals surface area contributed by atoms with Crippen LogP contribution in [0.1, 0.15) is 76.2 Å². The Kier molecular flexibility index (Phi) is 8.70. The first-order valence-electron chi connectivity index (χ1n) is 14.6. The largest absolute Gasteiger partial charge is 0.391 e. The molecule has 4 heterocycles. The minimum Gasteiger partial charge on any atom is -0.391 e. The number of carbonyl (C=O) groups is 2. The number of likely N-dealkylation sites (tertiary alicyclic amines) is 1. The number of aromatic nitrogens is 4. The zero-order valence-corrected chi connectivity index (χ0v) is 24.6. The molecule has 5 rings (SSSR count). The van der Waals surface area contributed by atoms with Crippen LogP contribution in [-0.2, 0) is 9.59 Å². The van der Waals surface area contributed by atoms with Crippen LogP contribution in [0.25, 0.3) is 11.3 Å². The van der Waals surface area contributed by atoms with E-state index in [1.165, 1.54) is 11.0 Å². The molecule has 3 N–H and O–H groups in total. The Labute approximate surface area is 245 Å². The first-order chi connectivity index (χ1) is 20.0. The summed E-state index contributed by atoms with van der Waals surface area (Å²) in [6, 6.07) is 8.18. The van der Waals surface area contributed by atoms with Gasteiger partial charge in [0, 0.05) is 36.8 Å². The Morgan fingerprint density at radius 3 is 2.52 bits per heavy atom. The highest BCUT2D eigenvalue weighted by Gasteiger charge is 2.45. The molecule has 3 aromatic rings. The van der Waals surface area contributed by atoms with Crippen molar-refractivity contribution in [1.82, 2.24) is 35.5 Å². The quantitative estimate of drug-likeness (QED) is 0.393. The van der Waals surface area contributed by atoms with E-state index in [1.54, 1.807) is 29.1 Å². The van der Waals surface area contributed by atoms with Gasteiger partial charge in [0.15, 0.2) is 0 Å². The number of hydrogen-bond acceptors (Lipinski definition) is 7. The summed E-state index contributed by atoms with van der Waals surface area (Å²) in [7, 11) is 0. The number of aliphatic hydroxyl groups excluding tert-OH is 1. The van der Waals surface area contributed by atoms with Gasteiger partial charge >= 0.3 is 0 Å². The van der Waals surface area contributed by atoms with Crippen molar-refractivity contribution in [2.75, 3.05) is 19.6 Å². The van der Waals surface area contributed by atoms with E-state index in [9.17, 15) is 19.1 Å². The maximum absolute atomic E-state index is 14.2. The highest BCUT2D eigenvalue weighted by molar-refractivity contribution is 5.90. The fourth-order valence-electron chi connectivity index (χ4n) is 5.99. The lowest BCUT2D eigenvalue weighted by atomic mass is 9.85. The smallest absolute Gasteiger partial charge is 0.248 e. The maximum atomic E-state index is 14.2. The second kappa shape index (κ2) is 12.3. The maximum Gasteiger partial charge on any atom is 0.248 e. The molecule has 42 heavy (non-hydrogen) atoms. The summed E-state index contributed by atoms with van der Waals surface area (Å²) in [6.45, 7) is 9.66. The number of benzene rings is 1. The monoisotopic (exact) mass is 577 g/mol. The van der Waals surface area contributed by atoms with E-state index in [1.807, 2.05) is 46.0 Å². The van der Waals surface area contributed by atoms with Gasteiger partial charge in [0.2, 0.25) is 11.8 Å². The molecule has 11 heteroatoms. The third kappa shape index (κ3) is 6.37. The van der Waals surface area contributed by atoms with Crippen molar-refractivity contribution in [3.63, 3.8) is 0 Å². The van der Waals surface area contributed by atoms with Crippen LogP contribution in [0.3, 0.4) is 0 Å². The molecule has 0 bridgehead atoms. The second-order valence-electron chi connectivity index (χ2n) is 12.5. The number of halogens is 1. The van der Waals surface area contributed by atoms with Crippen LogP contribution in [0.2, 0.25) is 0 Å². The van der Waals surface area contributed by atoms with E-state index in [0.29, 0.717) is 11.5 Å². The van der Waals surface area contributed by atoms with Gasteiger partial charge in [-0.15, -0.1) is 5.10 Å². The fourth-order valence-corrected chi connectivity index (χ4v) is 5.99. The number of amides is 2. The lowest BCUT2D eigenvalue weighted by Gasteiger charge is -2.35. The van der Waals surface area contributed by atoms with E-state index in [-0.39, 0.29) is 36.5 Å². The van der Waals surface area contributed by atoms with Crippen molar-refractivity contribution in [1.29, 1.82) is 0 Å². The molecule has 2 saturated heterocycles. The fraction of sp³-hybridized carbons (Fsp3) is 0.516. The van der Waals surface area contributed by atoms with Crippen LogP contribution in [-0.4, -0.2) is 73.6 Å². The Morgan fingerprint density at radius 2 is 1.86 bits per heavy atom. The molecule has 0 aliphatic carbocycles. The zero-order chi connectivity index (χ0) is 30.0. The lowest BCUT2D eigenvalue weighted by molar-refractivity contribution is -0.144. The van der Waals surface area contributed by atoms with Gasteiger partial charge in [-0.2, -0.15) is 0 Å². The number of nitrogens with one attached hydrogen (secondary N) is 2. The average Bonchev–Trinajstić information content (AvgIpc) is 3.60. The molecule has 224 valence electrons. The summed E-state index contributed by atoms with van der Waals surface area (Å²) < 4.78 is 15.8. The molecule has 10 nitrogen and oxygen atoms in total. The number of hydrogen-bond donors (Lipinski definition) is 3. The molecule has 0 radical (unpaired) electrons. The molecule has 2 aliphatic rings. The Bertz CT molecular complexity index is 1400. The molecule has 2 aromatic heterocycles. The van der Waals surface area contributed by atoms with Crippen LogP contribution in [0.5, 0.6) is 0 Å². The van der Waals surface area contributed by atoms with Crippen LogP contribution in [0, 0.1) is 11.2 Å². The van der Waals surface area contributed by atoms with Gasteiger partial charge in [0.05, 0.1) is 17.8 Å². The third-order valence-electron chi connectivity index (χ3n) is 8.27. The number of aliphatic hydroxyl groups is 1. The van der Waals surface area contributed by atoms with Crippen molar-refractivity contribution in [3.8, 4) is 11.3 Å². The van der Waals surface area contributed by atoms with Crippen LogP contribution in [0.4, 0.5) is 4.39 Å². The van der Waals surface area contributed by atoms with Crippen molar-refractivity contribution < 1.29 is 19.1 Å². The lowest BCUT2D eigenvalue weighted by Crippen LogP contribution is -2.50. The predicted molar refractivity (Wildman–Crippen MR) is 156 cm³/mol. The van der Waals surface area contributed by atoms with Crippen molar-refractivity contribution in [3.05, 3.63) is 65.9 Å². The second-order valence-corrected chi connectivity index (χ2v) is 12.5. The van der Waals surface area contributed by atoms with Crippen molar-refractivity contribution >= 4 is 11.8 Å². The van der Waals surface area contributed by atoms with Gasteiger partial charge in [-0.05, 0) is 56.0 Å². The first-order valence-corrected chi connectivity index (χ1v) is 14.6. The van der Waals surface area contributed by atoms with E-state index in [2.05, 4.69) is 25.9 Å². The summed E-state index contributed by atoms with van der Waals surface area (Å²) in [6.07, 6.45) is 4.68. The van der Waals surface area contributed by atoms with E-state index < -0.39 is 29.4 Å². The Morgan fingerprint density at radius 1 is 1.14 bits per heavy atom. The Balaban J connectivity index is 1.31. The normalized spacial score (nSPS) is 21.2. The SMILES string of the molecule is C[C@H](NC(=O)[C@@H]1C[C@@H](O)CN1C(=O)[C@@H](n1cc(C2CCNCC2)nn1)C(C)(C)C)c1ccc(-c2ncccc2F)cc1. The molecule has 2 fully saturated rings. The van der Waals surface area contributed by atoms with Gasteiger partial charge in [0.25, 0.3) is 0 Å². The van der Waals surface area contributed by atoms with Gasteiger partial charge in [-0.3, -0.25) is 14.6 Å². The summed E-state index contributed by atoms with van der Waals surface area (Å²) in [5.41, 5.74) is 2.07. The third-order valence-corrected chi connectivity index (χ3v) is 8.27. The summed E-state index contributed by atoms with van der Waals surface area (Å²) in [4.78, 5) is 33.2. The molecule has 2 aliphatic heterocycles. The van der Waals surface area contributed by atoms with Crippen molar-refractivity contribution in [2.45, 2.75) is 77.1 Å². The molecule has 4 atom stereocenters. The van der Waals surface area contributed by atoms with E-state index in [0.717, 1.165) is 37.2 Å². The number of β-amino-alcohol motifs (C(OH)–C–C–N with tert-alkyl or cyclic N) is 1. The number of piperidine rings is 1.